The van der Waals surface area contributed by atoms with Gasteiger partial charge in [-0.1, -0.05) is 20.8 Å². The molecule has 0 unspecified atom stereocenters. The fourth-order valence-corrected chi connectivity index (χ4v) is 1.72. The molecule has 0 radical (unpaired) electrons. The second-order valence-corrected chi connectivity index (χ2v) is 4.53. The molecule has 0 saturated carbocycles. The summed E-state index contributed by atoms with van der Waals surface area (Å²) in [6.45, 7) is 11.9. The van der Waals surface area contributed by atoms with Crippen LogP contribution in [0.4, 0.5) is 0 Å². The van der Waals surface area contributed by atoms with Crippen LogP contribution in [0.15, 0.2) is 0 Å². The van der Waals surface area contributed by atoms with Crippen LogP contribution in [0.5, 0.6) is 0 Å². The Hall–Kier alpha value is -0.0800. The molecule has 2 nitrogen and oxygen atoms in total. The number of rotatable bonds is 6. The molecule has 78 valence electrons. The molecule has 1 rings (SSSR count). The smallest absolute Gasteiger partial charge is 0.0345 e. The van der Waals surface area contributed by atoms with Crippen LogP contribution >= 0.6 is 0 Å². The average molecular weight is 184 g/mol. The summed E-state index contributed by atoms with van der Waals surface area (Å²) in [7, 11) is 0. The van der Waals surface area contributed by atoms with Gasteiger partial charge in [-0.15, -0.1) is 0 Å². The van der Waals surface area contributed by atoms with Crippen molar-refractivity contribution in [2.24, 2.45) is 5.92 Å². The van der Waals surface area contributed by atoms with E-state index in [1.807, 2.05) is 0 Å². The van der Waals surface area contributed by atoms with Crippen molar-refractivity contribution >= 4 is 0 Å². The summed E-state index contributed by atoms with van der Waals surface area (Å²) in [6.07, 6.45) is 2.63. The van der Waals surface area contributed by atoms with Gasteiger partial charge in [-0.25, -0.2) is 0 Å². The normalized spacial score (nSPS) is 18.2. The largest absolute Gasteiger partial charge is 0.314 e. The Bertz CT molecular complexity index is 130. The molecule has 1 aliphatic rings. The Kier molecular flexibility index (Phi) is 4.74. The number of nitrogens with zero attached hydrogens (tertiary/aromatic N) is 1. The van der Waals surface area contributed by atoms with Crippen molar-refractivity contribution in [1.29, 1.82) is 0 Å². The van der Waals surface area contributed by atoms with E-state index in [1.165, 1.54) is 39.0 Å². The first-order valence-electron chi connectivity index (χ1n) is 5.68. The number of nitrogens with one attached hydrogen (secondary N) is 1. The Morgan fingerprint density at radius 2 is 2.00 bits per heavy atom. The van der Waals surface area contributed by atoms with Gasteiger partial charge in [0, 0.05) is 19.1 Å². The molecule has 0 aliphatic carbocycles. The van der Waals surface area contributed by atoms with Gasteiger partial charge < -0.3 is 5.32 Å². The third-order valence-electron chi connectivity index (χ3n) is 2.78. The molecule has 0 aromatic heterocycles. The first kappa shape index (κ1) is 11.0. The van der Waals surface area contributed by atoms with E-state index in [4.69, 9.17) is 0 Å². The van der Waals surface area contributed by atoms with Crippen LogP contribution in [0.2, 0.25) is 0 Å². The maximum Gasteiger partial charge on any atom is 0.0345 e. The third kappa shape index (κ3) is 3.65. The summed E-state index contributed by atoms with van der Waals surface area (Å²) in [5.41, 5.74) is 0. The molecule has 1 N–H and O–H groups in total. The quantitative estimate of drug-likeness (QED) is 0.676. The minimum atomic E-state index is 0.832. The van der Waals surface area contributed by atoms with E-state index >= 15 is 0 Å². The van der Waals surface area contributed by atoms with Gasteiger partial charge in [-0.05, 0) is 31.8 Å². The molecule has 1 heterocycles. The lowest BCUT2D eigenvalue weighted by molar-refractivity contribution is 0.139. The molecule has 13 heavy (non-hydrogen) atoms. The van der Waals surface area contributed by atoms with Crippen LogP contribution in [0.1, 0.15) is 33.6 Å². The zero-order chi connectivity index (χ0) is 9.68. The van der Waals surface area contributed by atoms with Crippen LogP contribution < -0.4 is 5.32 Å². The van der Waals surface area contributed by atoms with E-state index in [9.17, 15) is 0 Å². The molecule has 0 aromatic carbocycles. The van der Waals surface area contributed by atoms with Crippen molar-refractivity contribution in [2.45, 2.75) is 39.7 Å². The summed E-state index contributed by atoms with van der Waals surface area (Å²) < 4.78 is 0. The zero-order valence-electron chi connectivity index (χ0n) is 9.34. The highest BCUT2D eigenvalue weighted by Gasteiger charge is 2.23. The minimum Gasteiger partial charge on any atom is -0.314 e. The second-order valence-electron chi connectivity index (χ2n) is 4.53. The van der Waals surface area contributed by atoms with Gasteiger partial charge >= 0.3 is 0 Å². The molecule has 0 bridgehead atoms. The summed E-state index contributed by atoms with van der Waals surface area (Å²) >= 11 is 0. The lowest BCUT2D eigenvalue weighted by atomic mass is 10.1. The molecular weight excluding hydrogens is 160 g/mol. The Labute approximate surface area is 82.7 Å². The van der Waals surface area contributed by atoms with Gasteiger partial charge in [-0.3, -0.25) is 4.90 Å². The number of hydrogen-bond donors (Lipinski definition) is 1. The highest BCUT2D eigenvalue weighted by molar-refractivity contribution is 4.84. The molecule has 0 atom stereocenters. The van der Waals surface area contributed by atoms with Gasteiger partial charge in [0.1, 0.15) is 0 Å². The molecule has 0 spiro atoms. The first-order valence-corrected chi connectivity index (χ1v) is 5.68. The zero-order valence-corrected chi connectivity index (χ0v) is 9.34. The highest BCUT2D eigenvalue weighted by atomic mass is 15.2. The van der Waals surface area contributed by atoms with Crippen molar-refractivity contribution in [1.82, 2.24) is 10.2 Å². The predicted molar refractivity (Wildman–Crippen MR) is 58.0 cm³/mol. The molecule has 1 fully saturated rings. The van der Waals surface area contributed by atoms with E-state index in [2.05, 4.69) is 31.0 Å². The lowest BCUT2D eigenvalue weighted by Gasteiger charge is -2.38. The van der Waals surface area contributed by atoms with Crippen LogP contribution in [-0.2, 0) is 0 Å². The molecule has 0 aromatic rings. The van der Waals surface area contributed by atoms with E-state index < -0.39 is 0 Å². The highest BCUT2D eigenvalue weighted by Crippen LogP contribution is 2.09. The third-order valence-corrected chi connectivity index (χ3v) is 2.78. The van der Waals surface area contributed by atoms with Gasteiger partial charge in [0.05, 0.1) is 0 Å². The molecule has 1 saturated heterocycles. The maximum atomic E-state index is 3.35. The summed E-state index contributed by atoms with van der Waals surface area (Å²) in [4.78, 5) is 2.65. The van der Waals surface area contributed by atoms with Crippen LogP contribution in [-0.4, -0.2) is 37.1 Å². The van der Waals surface area contributed by atoms with Gasteiger partial charge in [-0.2, -0.15) is 0 Å². The second kappa shape index (κ2) is 5.61. The molecular formula is C11H24N2. The van der Waals surface area contributed by atoms with Crippen molar-refractivity contribution < 1.29 is 0 Å². The Balaban J connectivity index is 2.20. The molecule has 0 amide bonds. The van der Waals surface area contributed by atoms with Crippen molar-refractivity contribution in [3.8, 4) is 0 Å². The Morgan fingerprint density at radius 3 is 2.38 bits per heavy atom. The molecule has 2 heteroatoms. The minimum absolute atomic E-state index is 0.832. The fraction of sp³-hybridized carbons (Fsp3) is 1.00. The van der Waals surface area contributed by atoms with Gasteiger partial charge in [0.2, 0.25) is 0 Å². The van der Waals surface area contributed by atoms with E-state index in [0.29, 0.717) is 0 Å². The first-order chi connectivity index (χ1) is 6.24. The van der Waals surface area contributed by atoms with E-state index in [-0.39, 0.29) is 0 Å². The van der Waals surface area contributed by atoms with Crippen LogP contribution in [0.25, 0.3) is 0 Å². The Morgan fingerprint density at radius 1 is 1.31 bits per heavy atom. The standard InChI is InChI=1S/C11H24N2/c1-4-6-13(7-5-10(2)3)11-8-12-9-11/h10-12H,4-9H2,1-3H3. The monoisotopic (exact) mass is 184 g/mol. The topological polar surface area (TPSA) is 15.3 Å². The van der Waals surface area contributed by atoms with Crippen molar-refractivity contribution in [2.75, 3.05) is 26.2 Å². The van der Waals surface area contributed by atoms with Gasteiger partial charge in [0.25, 0.3) is 0 Å². The summed E-state index contributed by atoms with van der Waals surface area (Å²) in [6, 6.07) is 0.832. The number of hydrogen-bond acceptors (Lipinski definition) is 2. The summed E-state index contributed by atoms with van der Waals surface area (Å²) in [5, 5.41) is 3.35. The average Bonchev–Trinajstić information content (AvgIpc) is 1.97. The van der Waals surface area contributed by atoms with Crippen molar-refractivity contribution in [3.05, 3.63) is 0 Å². The predicted octanol–water partition coefficient (Wildman–Crippen LogP) is 1.72. The maximum absolute atomic E-state index is 3.35. The summed E-state index contributed by atoms with van der Waals surface area (Å²) in [5.74, 6) is 0.840. The SMILES string of the molecule is CCCN(CCC(C)C)C1CNC1. The van der Waals surface area contributed by atoms with E-state index in [0.717, 1.165) is 12.0 Å². The van der Waals surface area contributed by atoms with Crippen LogP contribution in [0.3, 0.4) is 0 Å². The van der Waals surface area contributed by atoms with Gasteiger partial charge in [0.15, 0.2) is 0 Å². The fourth-order valence-electron chi connectivity index (χ4n) is 1.72. The molecule has 1 aliphatic heterocycles. The van der Waals surface area contributed by atoms with Crippen LogP contribution in [0, 0.1) is 5.92 Å². The van der Waals surface area contributed by atoms with E-state index in [1.54, 1.807) is 0 Å². The lowest BCUT2D eigenvalue weighted by Crippen LogP contribution is -2.57. The van der Waals surface area contributed by atoms with Crippen molar-refractivity contribution in [3.63, 3.8) is 0 Å².